The van der Waals surface area contributed by atoms with Crippen LogP contribution in [0, 0.1) is 11.7 Å². The number of sulfonamides is 1. The molecule has 0 saturated carbocycles. The second-order valence-corrected chi connectivity index (χ2v) is 6.55. The fourth-order valence-electron chi connectivity index (χ4n) is 1.43. The van der Waals surface area contributed by atoms with Gasteiger partial charge < -0.3 is 10.1 Å². The van der Waals surface area contributed by atoms with E-state index in [0.717, 1.165) is 18.2 Å². The average molecular weight is 318 g/mol. The van der Waals surface area contributed by atoms with Crippen LogP contribution in [-0.2, 0) is 14.8 Å². The molecule has 0 aliphatic carbocycles. The van der Waals surface area contributed by atoms with Crippen LogP contribution in [-0.4, -0.2) is 27.0 Å². The first-order chi connectivity index (χ1) is 9.61. The minimum Gasteiger partial charge on any atom is -0.482 e. The van der Waals surface area contributed by atoms with Gasteiger partial charge in [-0.15, -0.1) is 0 Å². The van der Waals surface area contributed by atoms with E-state index in [1.54, 1.807) is 0 Å². The van der Waals surface area contributed by atoms with E-state index >= 15 is 0 Å². The fourth-order valence-corrected chi connectivity index (χ4v) is 2.11. The summed E-state index contributed by atoms with van der Waals surface area (Å²) < 4.78 is 40.9. The van der Waals surface area contributed by atoms with Gasteiger partial charge >= 0.3 is 0 Å². The Hall–Kier alpha value is -1.67. The number of carbonyl (C=O) groups is 1. The van der Waals surface area contributed by atoms with Gasteiger partial charge in [-0.3, -0.25) is 4.79 Å². The number of amides is 1. The molecule has 8 heteroatoms. The first kappa shape index (κ1) is 17.4. The molecule has 0 aromatic heterocycles. The quantitative estimate of drug-likeness (QED) is 0.818. The number of hydrogen-bond donors (Lipinski definition) is 2. The highest BCUT2D eigenvalue weighted by molar-refractivity contribution is 7.89. The number of rotatable bonds is 6. The van der Waals surface area contributed by atoms with Crippen LogP contribution in [0.25, 0.3) is 0 Å². The van der Waals surface area contributed by atoms with Gasteiger partial charge in [0.05, 0.1) is 0 Å². The maximum Gasteiger partial charge on any atom is 0.258 e. The maximum absolute atomic E-state index is 13.1. The Morgan fingerprint density at radius 2 is 2.00 bits per heavy atom. The van der Waals surface area contributed by atoms with Gasteiger partial charge in [-0.1, -0.05) is 13.8 Å². The van der Waals surface area contributed by atoms with E-state index in [1.807, 2.05) is 20.8 Å². The summed E-state index contributed by atoms with van der Waals surface area (Å²) >= 11 is 0. The molecule has 0 aliphatic heterocycles. The molecular formula is C13H19FN2O4S. The molecule has 0 radical (unpaired) electrons. The molecule has 0 spiro atoms. The molecule has 1 rings (SSSR count). The molecule has 1 unspecified atom stereocenters. The zero-order valence-corrected chi connectivity index (χ0v) is 12.9. The van der Waals surface area contributed by atoms with Crippen LogP contribution in [0.4, 0.5) is 4.39 Å². The predicted octanol–water partition coefficient (Wildman–Crippen LogP) is 1.01. The van der Waals surface area contributed by atoms with Crippen molar-refractivity contribution in [3.63, 3.8) is 0 Å². The van der Waals surface area contributed by atoms with Crippen molar-refractivity contribution in [2.45, 2.75) is 31.7 Å². The molecule has 1 atom stereocenters. The number of ether oxygens (including phenoxy) is 1. The lowest BCUT2D eigenvalue weighted by molar-refractivity contribution is -0.124. The van der Waals surface area contributed by atoms with E-state index in [4.69, 9.17) is 9.88 Å². The smallest absolute Gasteiger partial charge is 0.258 e. The van der Waals surface area contributed by atoms with Crippen LogP contribution in [0.1, 0.15) is 20.8 Å². The van der Waals surface area contributed by atoms with E-state index in [9.17, 15) is 17.6 Å². The minimum absolute atomic E-state index is 0.0490. The molecule has 0 fully saturated rings. The van der Waals surface area contributed by atoms with Crippen LogP contribution in [0.5, 0.6) is 5.75 Å². The van der Waals surface area contributed by atoms with Crippen molar-refractivity contribution in [3.8, 4) is 5.75 Å². The van der Waals surface area contributed by atoms with E-state index in [1.165, 1.54) is 0 Å². The minimum atomic E-state index is -4.14. The number of carbonyl (C=O) groups excluding carboxylic acids is 1. The standard InChI is InChI=1S/C13H19FN2O4S/c1-8(2)9(3)16-13(17)7-20-11-5-4-10(14)6-12(11)21(15,18)19/h4-6,8-9H,7H2,1-3H3,(H,16,17)(H2,15,18,19). The van der Waals surface area contributed by atoms with Crippen LogP contribution >= 0.6 is 0 Å². The van der Waals surface area contributed by atoms with Gasteiger partial charge in [0.15, 0.2) is 6.61 Å². The summed E-state index contributed by atoms with van der Waals surface area (Å²) in [4.78, 5) is 11.2. The van der Waals surface area contributed by atoms with Crippen molar-refractivity contribution in [2.75, 3.05) is 6.61 Å². The number of halogens is 1. The molecule has 0 saturated heterocycles. The van der Waals surface area contributed by atoms with Gasteiger partial charge in [-0.25, -0.2) is 17.9 Å². The molecule has 3 N–H and O–H groups in total. The molecule has 0 bridgehead atoms. The van der Waals surface area contributed by atoms with Crippen molar-refractivity contribution >= 4 is 15.9 Å². The van der Waals surface area contributed by atoms with Crippen molar-refractivity contribution in [1.29, 1.82) is 0 Å². The molecular weight excluding hydrogens is 299 g/mol. The molecule has 0 heterocycles. The number of nitrogens with one attached hydrogen (secondary N) is 1. The normalized spacial score (nSPS) is 13.0. The van der Waals surface area contributed by atoms with Gasteiger partial charge in [0.25, 0.3) is 5.91 Å². The van der Waals surface area contributed by atoms with E-state index in [0.29, 0.717) is 0 Å². The lowest BCUT2D eigenvalue weighted by Crippen LogP contribution is -2.39. The van der Waals surface area contributed by atoms with Gasteiger partial charge in [0.2, 0.25) is 10.0 Å². The zero-order chi connectivity index (χ0) is 16.2. The second kappa shape index (κ2) is 6.86. The van der Waals surface area contributed by atoms with Crippen LogP contribution < -0.4 is 15.2 Å². The Kier molecular flexibility index (Phi) is 5.68. The highest BCUT2D eigenvalue weighted by Crippen LogP contribution is 2.23. The molecule has 21 heavy (non-hydrogen) atoms. The lowest BCUT2D eigenvalue weighted by Gasteiger charge is -2.17. The zero-order valence-electron chi connectivity index (χ0n) is 12.1. The highest BCUT2D eigenvalue weighted by atomic mass is 32.2. The third kappa shape index (κ3) is 5.31. The summed E-state index contributed by atoms with van der Waals surface area (Å²) in [6.07, 6.45) is 0. The van der Waals surface area contributed by atoms with Crippen molar-refractivity contribution in [3.05, 3.63) is 24.0 Å². The number of nitrogens with two attached hydrogens (primary N) is 1. The topological polar surface area (TPSA) is 98.5 Å². The Balaban J connectivity index is 2.79. The summed E-state index contributed by atoms with van der Waals surface area (Å²) in [7, 11) is -4.14. The van der Waals surface area contributed by atoms with Gasteiger partial charge in [0, 0.05) is 6.04 Å². The first-order valence-corrected chi connectivity index (χ1v) is 7.90. The number of benzene rings is 1. The third-order valence-electron chi connectivity index (χ3n) is 2.96. The summed E-state index contributed by atoms with van der Waals surface area (Å²) in [5, 5.41) is 7.68. The highest BCUT2D eigenvalue weighted by Gasteiger charge is 2.18. The monoisotopic (exact) mass is 318 g/mol. The van der Waals surface area contributed by atoms with Crippen molar-refractivity contribution in [1.82, 2.24) is 5.32 Å². The van der Waals surface area contributed by atoms with E-state index in [-0.39, 0.29) is 24.3 Å². The largest absolute Gasteiger partial charge is 0.482 e. The van der Waals surface area contributed by atoms with Gasteiger partial charge in [-0.2, -0.15) is 0 Å². The Labute approximate surface area is 123 Å². The summed E-state index contributed by atoms with van der Waals surface area (Å²) in [6.45, 7) is 5.36. The Bertz CT molecular complexity index is 617. The third-order valence-corrected chi connectivity index (χ3v) is 3.89. The number of primary sulfonamides is 1. The lowest BCUT2D eigenvalue weighted by atomic mass is 10.1. The fraction of sp³-hybridized carbons (Fsp3) is 0.462. The van der Waals surface area contributed by atoms with Gasteiger partial charge in [0.1, 0.15) is 16.5 Å². The van der Waals surface area contributed by atoms with E-state index in [2.05, 4.69) is 5.32 Å². The average Bonchev–Trinajstić information content (AvgIpc) is 2.35. The molecule has 1 aromatic carbocycles. The summed E-state index contributed by atoms with van der Waals surface area (Å²) in [5.41, 5.74) is 0. The van der Waals surface area contributed by atoms with Crippen molar-refractivity contribution in [2.24, 2.45) is 11.1 Å². The van der Waals surface area contributed by atoms with E-state index < -0.39 is 26.6 Å². The Morgan fingerprint density at radius 1 is 1.38 bits per heavy atom. The first-order valence-electron chi connectivity index (χ1n) is 6.35. The molecule has 1 aromatic rings. The van der Waals surface area contributed by atoms with Crippen LogP contribution in [0.3, 0.4) is 0 Å². The van der Waals surface area contributed by atoms with Gasteiger partial charge in [-0.05, 0) is 31.0 Å². The maximum atomic E-state index is 13.1. The number of hydrogen-bond acceptors (Lipinski definition) is 4. The molecule has 0 aliphatic rings. The second-order valence-electron chi connectivity index (χ2n) is 5.02. The molecule has 118 valence electrons. The molecule has 1 amide bonds. The Morgan fingerprint density at radius 3 is 2.52 bits per heavy atom. The predicted molar refractivity (Wildman–Crippen MR) is 75.7 cm³/mol. The summed E-state index contributed by atoms with van der Waals surface area (Å²) in [6, 6.07) is 2.85. The van der Waals surface area contributed by atoms with Crippen LogP contribution in [0.2, 0.25) is 0 Å². The van der Waals surface area contributed by atoms with Crippen LogP contribution in [0.15, 0.2) is 23.1 Å². The molecule has 6 nitrogen and oxygen atoms in total. The van der Waals surface area contributed by atoms with Crippen molar-refractivity contribution < 1.29 is 22.3 Å². The SMILES string of the molecule is CC(C)C(C)NC(=O)COc1ccc(F)cc1S(N)(=O)=O. The summed E-state index contributed by atoms with van der Waals surface area (Å²) in [5.74, 6) is -1.07.